The standard InChI is InChI=1S/C29H41FN2O4Si/c1-28(2,3)35-27(33)31-22-12-9-20(10-13-22)25-15-11-21-17-23(14-16-26(21)32-25)34-19-24(18-30)36-37(7,8)29(4,5)6/h9,11-12,14-17,24H,10,13,18-19H2,1-8H3,(H,31,33). The molecule has 1 aromatic heterocycles. The highest BCUT2D eigenvalue weighted by Crippen LogP contribution is 2.37. The van der Waals surface area contributed by atoms with E-state index in [0.717, 1.165) is 34.3 Å². The number of halogens is 1. The third-order valence-corrected chi connectivity index (χ3v) is 11.2. The van der Waals surface area contributed by atoms with Gasteiger partial charge in [0.25, 0.3) is 0 Å². The van der Waals surface area contributed by atoms with Crippen LogP contribution >= 0.6 is 0 Å². The molecule has 1 aliphatic carbocycles. The fourth-order valence-electron chi connectivity index (χ4n) is 3.65. The first-order chi connectivity index (χ1) is 17.2. The van der Waals surface area contributed by atoms with E-state index in [1.807, 2.05) is 63.3 Å². The van der Waals surface area contributed by atoms with E-state index in [4.69, 9.17) is 18.9 Å². The van der Waals surface area contributed by atoms with Crippen LogP contribution in [0.1, 0.15) is 60.1 Å². The Bertz CT molecular complexity index is 1180. The Balaban J connectivity index is 1.65. The van der Waals surface area contributed by atoms with Crippen LogP contribution in [-0.2, 0) is 9.16 Å². The predicted molar refractivity (Wildman–Crippen MR) is 150 cm³/mol. The summed E-state index contributed by atoms with van der Waals surface area (Å²) < 4.78 is 31.1. The lowest BCUT2D eigenvalue weighted by molar-refractivity contribution is 0.0544. The van der Waals surface area contributed by atoms with Crippen molar-refractivity contribution in [3.63, 3.8) is 0 Å². The summed E-state index contributed by atoms with van der Waals surface area (Å²) >= 11 is 0. The molecular formula is C29H41FN2O4Si. The molecule has 0 aliphatic heterocycles. The van der Waals surface area contributed by atoms with Crippen LogP contribution in [0.2, 0.25) is 18.1 Å². The highest BCUT2D eigenvalue weighted by atomic mass is 28.4. The molecule has 1 atom stereocenters. The van der Waals surface area contributed by atoms with E-state index >= 15 is 0 Å². The Morgan fingerprint density at radius 2 is 1.81 bits per heavy atom. The summed E-state index contributed by atoms with van der Waals surface area (Å²) in [6.45, 7) is 15.7. The fraction of sp³-hybridized carbons (Fsp3) is 0.517. The average Bonchev–Trinajstić information content (AvgIpc) is 2.79. The largest absolute Gasteiger partial charge is 0.491 e. The van der Waals surface area contributed by atoms with Gasteiger partial charge in [-0.1, -0.05) is 32.9 Å². The molecule has 1 aliphatic rings. The first kappa shape index (κ1) is 28.9. The summed E-state index contributed by atoms with van der Waals surface area (Å²) in [5, 5.41) is 3.77. The van der Waals surface area contributed by atoms with Crippen molar-refractivity contribution < 1.29 is 23.1 Å². The van der Waals surface area contributed by atoms with Crippen molar-refractivity contribution in [1.29, 1.82) is 0 Å². The highest BCUT2D eigenvalue weighted by molar-refractivity contribution is 6.74. The third-order valence-electron chi connectivity index (χ3n) is 6.68. The van der Waals surface area contributed by atoms with E-state index in [2.05, 4.69) is 39.2 Å². The van der Waals surface area contributed by atoms with Gasteiger partial charge >= 0.3 is 6.09 Å². The Kier molecular flexibility index (Phi) is 8.85. The lowest BCUT2D eigenvalue weighted by Gasteiger charge is -2.38. The second-order valence-electron chi connectivity index (χ2n) is 12.0. The van der Waals surface area contributed by atoms with Crippen molar-refractivity contribution in [3.05, 3.63) is 53.9 Å². The summed E-state index contributed by atoms with van der Waals surface area (Å²) in [4.78, 5) is 16.8. The number of pyridine rings is 1. The molecule has 0 radical (unpaired) electrons. The van der Waals surface area contributed by atoms with E-state index in [9.17, 15) is 9.18 Å². The first-order valence-electron chi connectivity index (χ1n) is 12.8. The number of allylic oxidation sites excluding steroid dienone is 4. The minimum absolute atomic E-state index is 0.00643. The number of carbonyl (C=O) groups is 1. The number of ether oxygens (including phenoxy) is 2. The molecule has 0 fully saturated rings. The van der Waals surface area contributed by atoms with Crippen LogP contribution in [0.15, 0.2) is 48.2 Å². The number of fused-ring (bicyclic) bond motifs is 1. The second-order valence-corrected chi connectivity index (χ2v) is 16.8. The zero-order valence-corrected chi connectivity index (χ0v) is 24.4. The van der Waals surface area contributed by atoms with Gasteiger partial charge in [0.05, 0.1) is 11.2 Å². The minimum atomic E-state index is -2.08. The van der Waals surface area contributed by atoms with Crippen molar-refractivity contribution in [1.82, 2.24) is 10.3 Å². The summed E-state index contributed by atoms with van der Waals surface area (Å²) in [6, 6.07) is 9.71. The molecule has 2 aromatic rings. The SMILES string of the molecule is CC(C)(C)OC(=O)NC1=CC=C(c2ccc3cc(OCC(CF)O[Si](C)(C)C(C)(C)C)ccc3n2)CC1. The van der Waals surface area contributed by atoms with E-state index in [1.165, 1.54) is 0 Å². The number of amides is 1. The van der Waals surface area contributed by atoms with Crippen molar-refractivity contribution >= 4 is 30.9 Å². The van der Waals surface area contributed by atoms with E-state index in [1.54, 1.807) is 0 Å². The molecule has 1 N–H and O–H groups in total. The van der Waals surface area contributed by atoms with Gasteiger partial charge in [-0.15, -0.1) is 0 Å². The highest BCUT2D eigenvalue weighted by Gasteiger charge is 2.39. The Hall–Kier alpha value is -2.71. The number of alkyl carbamates (subject to hydrolysis) is 1. The number of carbonyl (C=O) groups excluding carboxylic acids is 1. The number of alkyl halides is 1. The molecule has 37 heavy (non-hydrogen) atoms. The van der Waals surface area contributed by atoms with E-state index in [-0.39, 0.29) is 11.6 Å². The number of nitrogens with zero attached hydrogens (tertiary/aromatic N) is 1. The Morgan fingerprint density at radius 1 is 1.08 bits per heavy atom. The summed E-state index contributed by atoms with van der Waals surface area (Å²) in [6.07, 6.45) is 4.32. The lowest BCUT2D eigenvalue weighted by atomic mass is 9.99. The van der Waals surface area contributed by atoms with Crippen LogP contribution in [0.5, 0.6) is 5.75 Å². The zero-order valence-electron chi connectivity index (χ0n) is 23.4. The maximum Gasteiger partial charge on any atom is 0.411 e. The number of benzene rings is 1. The fourth-order valence-corrected chi connectivity index (χ4v) is 4.97. The van der Waals surface area contributed by atoms with Crippen LogP contribution in [-0.4, -0.2) is 44.4 Å². The van der Waals surface area contributed by atoms with Gasteiger partial charge in [0.1, 0.15) is 30.7 Å². The van der Waals surface area contributed by atoms with Crippen molar-refractivity contribution in [2.24, 2.45) is 0 Å². The van der Waals surface area contributed by atoms with Gasteiger partial charge in [-0.2, -0.15) is 0 Å². The van der Waals surface area contributed by atoms with E-state index < -0.39 is 32.8 Å². The van der Waals surface area contributed by atoms with Crippen molar-refractivity contribution in [2.45, 2.75) is 84.2 Å². The third kappa shape index (κ3) is 8.14. The summed E-state index contributed by atoms with van der Waals surface area (Å²) in [7, 11) is -2.08. The average molecular weight is 529 g/mol. The number of hydrogen-bond acceptors (Lipinski definition) is 5. The van der Waals surface area contributed by atoms with Crippen molar-refractivity contribution in [2.75, 3.05) is 13.3 Å². The second kappa shape index (κ2) is 11.4. The van der Waals surface area contributed by atoms with Crippen molar-refractivity contribution in [3.8, 4) is 5.75 Å². The molecule has 1 unspecified atom stereocenters. The number of rotatable bonds is 8. The van der Waals surface area contributed by atoms with Crippen LogP contribution in [0.4, 0.5) is 9.18 Å². The quantitative estimate of drug-likeness (QED) is 0.358. The van der Waals surface area contributed by atoms with Gasteiger partial charge < -0.3 is 13.9 Å². The molecule has 1 amide bonds. The molecule has 0 saturated heterocycles. The number of nitrogens with one attached hydrogen (secondary N) is 1. The zero-order chi connectivity index (χ0) is 27.4. The Morgan fingerprint density at radius 3 is 2.41 bits per heavy atom. The maximum atomic E-state index is 13.7. The molecule has 1 heterocycles. The summed E-state index contributed by atoms with van der Waals surface area (Å²) in [5.74, 6) is 0.664. The monoisotopic (exact) mass is 528 g/mol. The topological polar surface area (TPSA) is 69.7 Å². The van der Waals surface area contributed by atoms with Crippen LogP contribution < -0.4 is 10.1 Å². The van der Waals surface area contributed by atoms with Crippen LogP contribution in [0.3, 0.4) is 0 Å². The minimum Gasteiger partial charge on any atom is -0.491 e. The van der Waals surface area contributed by atoms with Gasteiger partial charge in [-0.25, -0.2) is 14.2 Å². The molecule has 202 valence electrons. The van der Waals surface area contributed by atoms with Gasteiger partial charge in [-0.3, -0.25) is 5.32 Å². The lowest BCUT2D eigenvalue weighted by Crippen LogP contribution is -2.46. The van der Waals surface area contributed by atoms with Crippen LogP contribution in [0.25, 0.3) is 16.5 Å². The van der Waals surface area contributed by atoms with E-state index in [0.29, 0.717) is 12.2 Å². The first-order valence-corrected chi connectivity index (χ1v) is 15.8. The van der Waals surface area contributed by atoms with Gasteiger partial charge in [-0.05, 0) is 87.7 Å². The number of hydrogen-bond donors (Lipinski definition) is 1. The molecule has 3 rings (SSSR count). The molecular weight excluding hydrogens is 487 g/mol. The summed E-state index contributed by atoms with van der Waals surface area (Å²) in [5.41, 5.74) is 3.14. The normalized spacial score (nSPS) is 15.6. The molecule has 0 bridgehead atoms. The maximum absolute atomic E-state index is 13.7. The molecule has 6 nitrogen and oxygen atoms in total. The van der Waals surface area contributed by atoms with Gasteiger partial charge in [0.2, 0.25) is 0 Å². The van der Waals surface area contributed by atoms with Gasteiger partial charge in [0.15, 0.2) is 8.32 Å². The number of aromatic nitrogens is 1. The molecule has 1 aromatic carbocycles. The Labute approximate surface area is 221 Å². The smallest absolute Gasteiger partial charge is 0.411 e. The molecule has 0 saturated carbocycles. The molecule has 0 spiro atoms. The van der Waals surface area contributed by atoms with Crippen LogP contribution in [0, 0.1) is 0 Å². The predicted octanol–water partition coefficient (Wildman–Crippen LogP) is 7.56. The van der Waals surface area contributed by atoms with Gasteiger partial charge in [0, 0.05) is 11.1 Å². The molecule has 8 heteroatoms.